The number of aromatic nitrogens is 7. The molecule has 5 aromatic heterocycles. The Morgan fingerprint density at radius 1 is 0.879 bits per heavy atom. The molecule has 0 amide bonds. The zero-order valence-electron chi connectivity index (χ0n) is 17.3. The largest absolute Gasteiger partial charge is 0.336 e. The molecule has 0 aliphatic rings. The van der Waals surface area contributed by atoms with Gasteiger partial charge in [0.15, 0.2) is 11.6 Å². The van der Waals surface area contributed by atoms with E-state index in [1.54, 1.807) is 49.1 Å². The predicted molar refractivity (Wildman–Crippen MR) is 120 cm³/mol. The number of nitrogens with zero attached hydrogens (tertiary/aromatic N) is 5. The Labute approximate surface area is 185 Å². The minimum Gasteiger partial charge on any atom is -0.336 e. The van der Waals surface area contributed by atoms with Crippen molar-refractivity contribution < 1.29 is 8.78 Å². The summed E-state index contributed by atoms with van der Waals surface area (Å²) >= 11 is 0. The van der Waals surface area contributed by atoms with Crippen LogP contribution in [0.15, 0.2) is 61.2 Å². The number of pyridine rings is 3. The molecule has 0 fully saturated rings. The lowest BCUT2D eigenvalue weighted by Gasteiger charge is -2.06. The van der Waals surface area contributed by atoms with Gasteiger partial charge in [-0.3, -0.25) is 20.1 Å². The Balaban J connectivity index is 1.56. The van der Waals surface area contributed by atoms with Crippen LogP contribution in [0.5, 0.6) is 0 Å². The van der Waals surface area contributed by atoms with E-state index in [2.05, 4.69) is 35.1 Å². The van der Waals surface area contributed by atoms with E-state index in [9.17, 15) is 4.39 Å². The molecule has 0 atom stereocenters. The number of nitrogens with one attached hydrogen (secondary N) is 2. The summed E-state index contributed by atoms with van der Waals surface area (Å²) < 4.78 is 29.5. The van der Waals surface area contributed by atoms with Gasteiger partial charge in [-0.05, 0) is 36.8 Å². The lowest BCUT2D eigenvalue weighted by molar-refractivity contribution is 0.628. The third-order valence-corrected chi connectivity index (χ3v) is 5.56. The number of rotatable bonds is 3. The van der Waals surface area contributed by atoms with Crippen LogP contribution >= 0.6 is 0 Å². The van der Waals surface area contributed by atoms with E-state index >= 15 is 4.39 Å². The molecule has 0 bridgehead atoms. The second kappa shape index (κ2) is 7.27. The number of benzene rings is 1. The van der Waals surface area contributed by atoms with Crippen LogP contribution in [0.2, 0.25) is 0 Å². The molecule has 5 heterocycles. The molecular formula is C24H15F2N7. The summed E-state index contributed by atoms with van der Waals surface area (Å²) in [5.41, 5.74) is 4.72. The molecule has 0 saturated heterocycles. The van der Waals surface area contributed by atoms with Crippen molar-refractivity contribution in [3.63, 3.8) is 0 Å². The molecule has 33 heavy (non-hydrogen) atoms. The molecule has 0 aliphatic carbocycles. The molecule has 2 N–H and O–H groups in total. The van der Waals surface area contributed by atoms with Gasteiger partial charge in [-0.15, -0.1) is 0 Å². The number of imidazole rings is 1. The van der Waals surface area contributed by atoms with Gasteiger partial charge in [0.25, 0.3) is 0 Å². The first kappa shape index (κ1) is 19.2. The molecule has 0 aliphatic heterocycles. The van der Waals surface area contributed by atoms with Crippen LogP contribution in [0.4, 0.5) is 8.78 Å². The quantitative estimate of drug-likeness (QED) is 0.395. The van der Waals surface area contributed by atoms with Gasteiger partial charge >= 0.3 is 0 Å². The summed E-state index contributed by atoms with van der Waals surface area (Å²) in [5.74, 6) is -0.523. The van der Waals surface area contributed by atoms with Crippen molar-refractivity contribution in [3.8, 4) is 34.0 Å². The summed E-state index contributed by atoms with van der Waals surface area (Å²) in [7, 11) is 0. The Hall–Kier alpha value is -4.53. The minimum absolute atomic E-state index is 0.189. The van der Waals surface area contributed by atoms with E-state index in [0.29, 0.717) is 44.9 Å². The number of hydrogen-bond donors (Lipinski definition) is 2. The summed E-state index contributed by atoms with van der Waals surface area (Å²) in [5, 5.41) is 7.39. The molecule has 9 heteroatoms. The average Bonchev–Trinajstić information content (AvgIpc) is 3.44. The fourth-order valence-corrected chi connectivity index (χ4v) is 3.94. The van der Waals surface area contributed by atoms with Gasteiger partial charge in [-0.1, -0.05) is 12.1 Å². The van der Waals surface area contributed by atoms with Crippen LogP contribution in [0.3, 0.4) is 0 Å². The maximum Gasteiger partial charge on any atom is 0.161 e. The Morgan fingerprint density at radius 2 is 1.79 bits per heavy atom. The topological polar surface area (TPSA) is 96.0 Å². The van der Waals surface area contributed by atoms with Gasteiger partial charge < -0.3 is 4.98 Å². The van der Waals surface area contributed by atoms with Crippen LogP contribution in [-0.2, 0) is 0 Å². The van der Waals surface area contributed by atoms with Gasteiger partial charge in [-0.25, -0.2) is 13.8 Å². The van der Waals surface area contributed by atoms with Crippen molar-refractivity contribution in [3.05, 3.63) is 78.4 Å². The van der Waals surface area contributed by atoms with E-state index in [1.165, 1.54) is 12.1 Å². The second-order valence-electron chi connectivity index (χ2n) is 7.62. The number of aryl methyl sites for hydroxylation is 1. The summed E-state index contributed by atoms with van der Waals surface area (Å²) in [6.07, 6.45) is 6.39. The van der Waals surface area contributed by atoms with Gasteiger partial charge in [0.1, 0.15) is 22.7 Å². The molecular weight excluding hydrogens is 424 g/mol. The first-order valence-corrected chi connectivity index (χ1v) is 10.1. The number of fused-ring (bicyclic) bond motifs is 2. The SMILES string of the molecule is Cc1ccncc1-c1ncc2[nH]nc(-c3nc4c(-c5cccc(F)c5)nccc4[nH]3)c2c1F. The molecule has 7 nitrogen and oxygen atoms in total. The van der Waals surface area contributed by atoms with Crippen molar-refractivity contribution in [2.24, 2.45) is 0 Å². The van der Waals surface area contributed by atoms with Gasteiger partial charge in [-0.2, -0.15) is 5.10 Å². The fourth-order valence-electron chi connectivity index (χ4n) is 3.94. The van der Waals surface area contributed by atoms with Crippen LogP contribution in [0.1, 0.15) is 5.56 Å². The van der Waals surface area contributed by atoms with Gasteiger partial charge in [0.05, 0.1) is 28.3 Å². The van der Waals surface area contributed by atoms with E-state index in [-0.39, 0.29) is 16.9 Å². The molecule has 0 radical (unpaired) electrons. The molecule has 0 spiro atoms. The molecule has 0 unspecified atom stereocenters. The van der Waals surface area contributed by atoms with E-state index in [4.69, 9.17) is 0 Å². The highest BCUT2D eigenvalue weighted by Gasteiger charge is 2.22. The smallest absolute Gasteiger partial charge is 0.161 e. The van der Waals surface area contributed by atoms with Gasteiger partial charge in [0.2, 0.25) is 0 Å². The average molecular weight is 439 g/mol. The standard InChI is InChI=1S/C24H15F2N7/c1-12-5-7-27-10-15(12)21-19(26)18-17(11-29-21)32-33-23(18)24-30-16-6-8-28-20(22(16)31-24)13-3-2-4-14(25)9-13/h2-11H,1H3,(H,30,31)(H,32,33). The summed E-state index contributed by atoms with van der Waals surface area (Å²) in [6.45, 7) is 1.87. The lowest BCUT2D eigenvalue weighted by atomic mass is 10.1. The van der Waals surface area contributed by atoms with Crippen LogP contribution in [0.25, 0.3) is 56.0 Å². The number of aromatic amines is 2. The molecule has 1 aromatic carbocycles. The summed E-state index contributed by atoms with van der Waals surface area (Å²) in [6, 6.07) is 9.70. The van der Waals surface area contributed by atoms with E-state index in [0.717, 1.165) is 5.56 Å². The van der Waals surface area contributed by atoms with Gasteiger partial charge in [0, 0.05) is 29.7 Å². The van der Waals surface area contributed by atoms with E-state index < -0.39 is 5.82 Å². The number of H-pyrrole nitrogens is 2. The molecule has 160 valence electrons. The first-order valence-electron chi connectivity index (χ1n) is 10.1. The van der Waals surface area contributed by atoms with Crippen LogP contribution in [0, 0.1) is 18.6 Å². The maximum absolute atomic E-state index is 15.7. The molecule has 6 rings (SSSR count). The lowest BCUT2D eigenvalue weighted by Crippen LogP contribution is -1.94. The predicted octanol–water partition coefficient (Wildman–Crippen LogP) is 5.21. The number of halogens is 2. The first-order chi connectivity index (χ1) is 16.1. The van der Waals surface area contributed by atoms with Crippen LogP contribution in [-0.4, -0.2) is 35.1 Å². The highest BCUT2D eigenvalue weighted by molar-refractivity contribution is 5.97. The second-order valence-corrected chi connectivity index (χ2v) is 7.62. The van der Waals surface area contributed by atoms with Crippen molar-refractivity contribution in [1.29, 1.82) is 0 Å². The highest BCUT2D eigenvalue weighted by Crippen LogP contribution is 2.34. The third kappa shape index (κ3) is 3.05. The van der Waals surface area contributed by atoms with Crippen LogP contribution < -0.4 is 0 Å². The van der Waals surface area contributed by atoms with Crippen molar-refractivity contribution >= 4 is 21.9 Å². The van der Waals surface area contributed by atoms with E-state index in [1.807, 2.05) is 6.92 Å². The Bertz CT molecular complexity index is 1670. The zero-order valence-corrected chi connectivity index (χ0v) is 17.3. The van der Waals surface area contributed by atoms with Crippen molar-refractivity contribution in [2.75, 3.05) is 0 Å². The third-order valence-electron chi connectivity index (χ3n) is 5.56. The molecule has 6 aromatic rings. The zero-order chi connectivity index (χ0) is 22.5. The fraction of sp³-hybridized carbons (Fsp3) is 0.0417. The molecule has 0 saturated carbocycles. The van der Waals surface area contributed by atoms with Crippen molar-refractivity contribution in [1.82, 2.24) is 35.1 Å². The summed E-state index contributed by atoms with van der Waals surface area (Å²) in [4.78, 5) is 20.6. The van der Waals surface area contributed by atoms with Crippen molar-refractivity contribution in [2.45, 2.75) is 6.92 Å². The maximum atomic E-state index is 15.7. The highest BCUT2D eigenvalue weighted by atomic mass is 19.1. The normalized spacial score (nSPS) is 11.5. The Kier molecular flexibility index (Phi) is 4.22. The Morgan fingerprint density at radius 3 is 2.64 bits per heavy atom. The monoisotopic (exact) mass is 439 g/mol. The minimum atomic E-state index is -0.517. The number of hydrogen-bond acceptors (Lipinski definition) is 5.